The third kappa shape index (κ3) is 6.36. The van der Waals surface area contributed by atoms with Crippen LogP contribution in [0.5, 0.6) is 0 Å². The molecule has 1 aromatic heterocycles. The van der Waals surface area contributed by atoms with Gasteiger partial charge in [0.25, 0.3) is 5.91 Å². The van der Waals surface area contributed by atoms with Crippen molar-refractivity contribution < 1.29 is 31.7 Å². The van der Waals surface area contributed by atoms with E-state index in [9.17, 15) is 22.4 Å². The van der Waals surface area contributed by atoms with Gasteiger partial charge in [-0.2, -0.15) is 18.2 Å². The number of hydrogen-bond donors (Lipinski definition) is 1. The first-order valence-electron chi connectivity index (χ1n) is 9.01. The molecule has 0 bridgehead atoms. The summed E-state index contributed by atoms with van der Waals surface area (Å²) in [5, 5.41) is 9.71. The lowest BCUT2D eigenvalue weighted by Gasteiger charge is -2.04. The third-order valence-electron chi connectivity index (χ3n) is 3.93. The number of alkyl halides is 3. The predicted molar refractivity (Wildman–Crippen MR) is 101 cm³/mol. The molecule has 0 aliphatic heterocycles. The minimum atomic E-state index is -4.72. The van der Waals surface area contributed by atoms with Crippen molar-refractivity contribution in [1.82, 2.24) is 15.5 Å². The SMILES string of the molecule is O=C(NCC/C=N\OCc1ccc(F)cc1)c1ccc(-c2noc(C(F)(F)F)n2)cc1. The molecule has 0 spiro atoms. The average molecular weight is 436 g/mol. The van der Waals surface area contributed by atoms with Gasteiger partial charge in [0.05, 0.1) is 0 Å². The number of rotatable bonds is 8. The molecule has 3 rings (SSSR count). The second kappa shape index (κ2) is 9.83. The van der Waals surface area contributed by atoms with Crippen molar-refractivity contribution in [3.63, 3.8) is 0 Å². The van der Waals surface area contributed by atoms with Crippen molar-refractivity contribution in [3.05, 3.63) is 71.4 Å². The van der Waals surface area contributed by atoms with Crippen LogP contribution in [0.2, 0.25) is 0 Å². The Hall–Kier alpha value is -3.76. The van der Waals surface area contributed by atoms with Gasteiger partial charge in [-0.25, -0.2) is 4.39 Å². The topological polar surface area (TPSA) is 89.6 Å². The molecular formula is C20H16F4N4O3. The van der Waals surface area contributed by atoms with Gasteiger partial charge >= 0.3 is 12.1 Å². The van der Waals surface area contributed by atoms with E-state index in [4.69, 9.17) is 4.84 Å². The van der Waals surface area contributed by atoms with Crippen LogP contribution in [-0.2, 0) is 17.6 Å². The summed E-state index contributed by atoms with van der Waals surface area (Å²) in [4.78, 5) is 20.5. The van der Waals surface area contributed by atoms with Gasteiger partial charge in [-0.15, -0.1) is 0 Å². The maximum absolute atomic E-state index is 12.8. The Kier molecular flexibility index (Phi) is 6.96. The fraction of sp³-hybridized carbons (Fsp3) is 0.200. The Bertz CT molecular complexity index is 1030. The number of nitrogens with one attached hydrogen (secondary N) is 1. The number of hydrogen-bond acceptors (Lipinski definition) is 6. The van der Waals surface area contributed by atoms with E-state index in [1.165, 1.54) is 42.6 Å². The molecule has 162 valence electrons. The summed E-state index contributed by atoms with van der Waals surface area (Å²) < 4.78 is 54.5. The van der Waals surface area contributed by atoms with Crippen LogP contribution in [0, 0.1) is 5.82 Å². The number of carbonyl (C=O) groups is 1. The lowest BCUT2D eigenvalue weighted by Crippen LogP contribution is -2.24. The Balaban J connectivity index is 1.41. The number of carbonyl (C=O) groups excluding carboxylic acids is 1. The average Bonchev–Trinajstić information content (AvgIpc) is 3.25. The molecule has 7 nitrogen and oxygen atoms in total. The van der Waals surface area contributed by atoms with Gasteiger partial charge in [0.1, 0.15) is 12.4 Å². The molecule has 31 heavy (non-hydrogen) atoms. The zero-order valence-electron chi connectivity index (χ0n) is 15.9. The van der Waals surface area contributed by atoms with E-state index in [0.29, 0.717) is 18.5 Å². The Morgan fingerprint density at radius 3 is 2.48 bits per heavy atom. The molecule has 1 heterocycles. The van der Waals surface area contributed by atoms with E-state index < -0.39 is 12.1 Å². The molecule has 1 N–H and O–H groups in total. The second-order valence-electron chi connectivity index (χ2n) is 6.23. The highest BCUT2D eigenvalue weighted by Crippen LogP contribution is 2.29. The Morgan fingerprint density at radius 2 is 1.84 bits per heavy atom. The van der Waals surface area contributed by atoms with E-state index >= 15 is 0 Å². The number of aromatic nitrogens is 2. The highest BCUT2D eigenvalue weighted by Gasteiger charge is 2.38. The predicted octanol–water partition coefficient (Wildman–Crippen LogP) is 4.22. The highest BCUT2D eigenvalue weighted by molar-refractivity contribution is 5.94. The molecule has 2 aromatic carbocycles. The Labute approximate surface area is 173 Å². The molecule has 0 fully saturated rings. The first-order valence-corrected chi connectivity index (χ1v) is 9.01. The van der Waals surface area contributed by atoms with Crippen LogP contribution in [-0.4, -0.2) is 28.8 Å². The maximum Gasteiger partial charge on any atom is 0.471 e. The summed E-state index contributed by atoms with van der Waals surface area (Å²) in [5.74, 6) is -2.36. The van der Waals surface area contributed by atoms with Gasteiger partial charge in [-0.3, -0.25) is 4.79 Å². The summed E-state index contributed by atoms with van der Waals surface area (Å²) in [7, 11) is 0. The van der Waals surface area contributed by atoms with E-state index in [0.717, 1.165) is 5.56 Å². The van der Waals surface area contributed by atoms with Crippen LogP contribution in [0.1, 0.15) is 28.2 Å². The number of benzene rings is 2. The van der Waals surface area contributed by atoms with Gasteiger partial charge in [0.2, 0.25) is 5.82 Å². The first kappa shape index (κ1) is 21.9. The molecule has 11 heteroatoms. The minimum Gasteiger partial charge on any atom is -0.391 e. The monoisotopic (exact) mass is 436 g/mol. The first-order chi connectivity index (χ1) is 14.8. The van der Waals surface area contributed by atoms with Gasteiger partial charge in [0.15, 0.2) is 0 Å². The zero-order valence-corrected chi connectivity index (χ0v) is 15.9. The molecule has 3 aromatic rings. The lowest BCUT2D eigenvalue weighted by atomic mass is 10.1. The van der Waals surface area contributed by atoms with Crippen LogP contribution >= 0.6 is 0 Å². The Morgan fingerprint density at radius 1 is 1.13 bits per heavy atom. The number of halogens is 4. The maximum atomic E-state index is 12.8. The van der Waals surface area contributed by atoms with Gasteiger partial charge in [-0.05, 0) is 29.8 Å². The summed E-state index contributed by atoms with van der Waals surface area (Å²) in [6.45, 7) is 0.490. The molecule has 0 unspecified atom stereocenters. The minimum absolute atomic E-state index is 0.195. The van der Waals surface area contributed by atoms with Gasteiger partial charge in [0, 0.05) is 30.3 Å². The van der Waals surface area contributed by atoms with Gasteiger partial charge in [-0.1, -0.05) is 34.6 Å². The van der Waals surface area contributed by atoms with Crippen molar-refractivity contribution in [2.45, 2.75) is 19.2 Å². The molecule has 0 aliphatic carbocycles. The fourth-order valence-electron chi connectivity index (χ4n) is 2.38. The van der Waals surface area contributed by atoms with Crippen molar-refractivity contribution in [2.24, 2.45) is 5.16 Å². The normalized spacial score (nSPS) is 11.6. The molecule has 0 radical (unpaired) electrons. The van der Waals surface area contributed by atoms with E-state index in [1.807, 2.05) is 0 Å². The fourth-order valence-corrected chi connectivity index (χ4v) is 2.38. The molecule has 0 saturated heterocycles. The van der Waals surface area contributed by atoms with Crippen LogP contribution in [0.15, 0.2) is 58.2 Å². The van der Waals surface area contributed by atoms with Crippen LogP contribution in [0.25, 0.3) is 11.4 Å². The molecule has 0 atom stereocenters. The van der Waals surface area contributed by atoms with Crippen LogP contribution < -0.4 is 5.32 Å². The summed E-state index contributed by atoms with van der Waals surface area (Å²) >= 11 is 0. The molecule has 0 aliphatic rings. The summed E-state index contributed by atoms with van der Waals surface area (Å²) in [6.07, 6.45) is -2.82. The molecule has 0 saturated carbocycles. The zero-order chi connectivity index (χ0) is 22.3. The van der Waals surface area contributed by atoms with Crippen molar-refractivity contribution in [3.8, 4) is 11.4 Å². The number of nitrogens with zero attached hydrogens (tertiary/aromatic N) is 3. The third-order valence-corrected chi connectivity index (χ3v) is 3.93. The highest BCUT2D eigenvalue weighted by atomic mass is 19.4. The molecular weight excluding hydrogens is 420 g/mol. The lowest BCUT2D eigenvalue weighted by molar-refractivity contribution is -0.159. The standard InChI is InChI=1S/C20H16F4N4O3/c21-16-8-2-13(3-9-16)12-30-26-11-1-10-25-18(29)15-6-4-14(5-7-15)17-27-19(31-28-17)20(22,23)24/h2-9,11H,1,10,12H2,(H,25,29)/b26-11-. The summed E-state index contributed by atoms with van der Waals surface area (Å²) in [6, 6.07) is 11.5. The van der Waals surface area contributed by atoms with Crippen molar-refractivity contribution >= 4 is 12.1 Å². The summed E-state index contributed by atoms with van der Waals surface area (Å²) in [5.41, 5.74) is 1.36. The van der Waals surface area contributed by atoms with Crippen LogP contribution in [0.4, 0.5) is 17.6 Å². The van der Waals surface area contributed by atoms with Gasteiger partial charge < -0.3 is 14.7 Å². The smallest absolute Gasteiger partial charge is 0.391 e. The number of oxime groups is 1. The largest absolute Gasteiger partial charge is 0.471 e. The van der Waals surface area contributed by atoms with Crippen molar-refractivity contribution in [1.29, 1.82) is 0 Å². The molecule has 1 amide bonds. The van der Waals surface area contributed by atoms with E-state index in [-0.39, 0.29) is 29.7 Å². The van der Waals surface area contributed by atoms with E-state index in [2.05, 4.69) is 25.1 Å². The van der Waals surface area contributed by atoms with Crippen LogP contribution in [0.3, 0.4) is 0 Å². The number of amides is 1. The quantitative estimate of drug-likeness (QED) is 0.247. The second-order valence-corrected chi connectivity index (χ2v) is 6.23. The van der Waals surface area contributed by atoms with E-state index in [1.54, 1.807) is 12.1 Å². The van der Waals surface area contributed by atoms with Crippen molar-refractivity contribution in [2.75, 3.05) is 6.54 Å².